The number of hydrogen-bond donors (Lipinski definition) is 1. The van der Waals surface area contributed by atoms with Gasteiger partial charge in [-0.2, -0.15) is 0 Å². The van der Waals surface area contributed by atoms with Gasteiger partial charge in [0.05, 0.1) is 0 Å². The molecule has 1 fully saturated rings. The number of hydrogen-bond acceptors (Lipinski definition) is 2. The fraction of sp³-hybridized carbons (Fsp3) is 0.444. The molecule has 2 amide bonds. The maximum atomic E-state index is 12.3. The molecule has 1 saturated heterocycles. The summed E-state index contributed by atoms with van der Waals surface area (Å²) in [5.74, 6) is 0.0464. The summed E-state index contributed by atoms with van der Waals surface area (Å²) < 4.78 is 1.01. The normalized spacial score (nSPS) is 14.5. The van der Waals surface area contributed by atoms with Crippen molar-refractivity contribution in [1.82, 2.24) is 9.80 Å². The van der Waals surface area contributed by atoms with E-state index < -0.39 is 6.09 Å². The molecule has 0 aromatic heterocycles. The lowest BCUT2D eigenvalue weighted by Gasteiger charge is -2.26. The van der Waals surface area contributed by atoms with Gasteiger partial charge in [0.15, 0.2) is 0 Å². The van der Waals surface area contributed by atoms with Crippen molar-refractivity contribution in [3.8, 4) is 0 Å². The molecule has 0 spiro atoms. The zero-order valence-electron chi connectivity index (χ0n) is 14.1. The van der Waals surface area contributed by atoms with Gasteiger partial charge < -0.3 is 14.9 Å². The second-order valence-electron chi connectivity index (χ2n) is 5.74. The fourth-order valence-corrected chi connectivity index (χ4v) is 3.50. The van der Waals surface area contributed by atoms with Crippen LogP contribution in [-0.2, 0) is 0 Å². The van der Waals surface area contributed by atoms with Crippen LogP contribution in [0, 0.1) is 0 Å². The Kier molecular flexibility index (Phi) is 6.43. The number of carbonyl (C=O) groups excluding carboxylic acids is 1. The minimum absolute atomic E-state index is 0.0464. The largest absolute Gasteiger partial charge is 0.465 e. The van der Waals surface area contributed by atoms with Gasteiger partial charge >= 0.3 is 6.09 Å². The third kappa shape index (κ3) is 4.17. The van der Waals surface area contributed by atoms with Crippen LogP contribution in [0.15, 0.2) is 29.8 Å². The minimum Gasteiger partial charge on any atom is -0.465 e. The van der Waals surface area contributed by atoms with Crippen LogP contribution in [0.2, 0.25) is 0 Å². The SMILES string of the molecule is CCN(CC)C(=O)c1ccc(C(Br)=C2CCN(C(=O)O)CC2)cc1. The fourth-order valence-electron chi connectivity index (χ4n) is 2.84. The van der Waals surface area contributed by atoms with E-state index in [0.717, 1.165) is 22.9 Å². The summed E-state index contributed by atoms with van der Waals surface area (Å²) in [4.78, 5) is 26.5. The van der Waals surface area contributed by atoms with Crippen molar-refractivity contribution in [2.75, 3.05) is 26.2 Å². The molecule has 1 aromatic carbocycles. The number of carboxylic acid groups (broad SMARTS) is 1. The molecule has 1 N–H and O–H groups in total. The smallest absolute Gasteiger partial charge is 0.407 e. The third-order valence-electron chi connectivity index (χ3n) is 4.38. The molecule has 1 aliphatic rings. The summed E-state index contributed by atoms with van der Waals surface area (Å²) in [6, 6.07) is 7.59. The molecule has 0 unspecified atom stereocenters. The summed E-state index contributed by atoms with van der Waals surface area (Å²) in [6.07, 6.45) is 0.601. The Bertz CT molecular complexity index is 626. The number of halogens is 1. The van der Waals surface area contributed by atoms with Crippen LogP contribution in [0.25, 0.3) is 4.48 Å². The molecule has 6 heteroatoms. The molecular weight excluding hydrogens is 372 g/mol. The van der Waals surface area contributed by atoms with Gasteiger partial charge in [-0.3, -0.25) is 4.79 Å². The van der Waals surface area contributed by atoms with Gasteiger partial charge in [-0.25, -0.2) is 4.79 Å². The Hall–Kier alpha value is -1.82. The van der Waals surface area contributed by atoms with Crippen molar-refractivity contribution in [1.29, 1.82) is 0 Å². The topological polar surface area (TPSA) is 60.9 Å². The number of likely N-dealkylation sites (tertiary alicyclic amines) is 1. The van der Waals surface area contributed by atoms with Gasteiger partial charge in [0.25, 0.3) is 5.91 Å². The predicted octanol–water partition coefficient (Wildman–Crippen LogP) is 4.05. The van der Waals surface area contributed by atoms with E-state index in [2.05, 4.69) is 15.9 Å². The van der Waals surface area contributed by atoms with Crippen LogP contribution in [-0.4, -0.2) is 53.1 Å². The first kappa shape index (κ1) is 18.5. The first-order chi connectivity index (χ1) is 11.5. The summed E-state index contributed by atoms with van der Waals surface area (Å²) in [5.41, 5.74) is 2.92. The van der Waals surface area contributed by atoms with Gasteiger partial charge in [0.2, 0.25) is 0 Å². The first-order valence-electron chi connectivity index (χ1n) is 8.23. The lowest BCUT2D eigenvalue weighted by molar-refractivity contribution is 0.0773. The van der Waals surface area contributed by atoms with Crippen LogP contribution < -0.4 is 0 Å². The molecule has 24 heavy (non-hydrogen) atoms. The van der Waals surface area contributed by atoms with Crippen molar-refractivity contribution >= 4 is 32.4 Å². The molecule has 0 aliphatic carbocycles. The van der Waals surface area contributed by atoms with E-state index in [0.29, 0.717) is 31.7 Å². The predicted molar refractivity (Wildman–Crippen MR) is 98.4 cm³/mol. The van der Waals surface area contributed by atoms with Crippen molar-refractivity contribution in [2.24, 2.45) is 0 Å². The van der Waals surface area contributed by atoms with Gasteiger partial charge in [-0.1, -0.05) is 33.6 Å². The van der Waals surface area contributed by atoms with Crippen LogP contribution in [0.1, 0.15) is 42.6 Å². The van der Waals surface area contributed by atoms with Crippen molar-refractivity contribution < 1.29 is 14.7 Å². The average molecular weight is 395 g/mol. The van der Waals surface area contributed by atoms with Crippen molar-refractivity contribution in [3.63, 3.8) is 0 Å². The monoisotopic (exact) mass is 394 g/mol. The highest BCUT2D eigenvalue weighted by molar-refractivity contribution is 9.15. The van der Waals surface area contributed by atoms with E-state index >= 15 is 0 Å². The highest BCUT2D eigenvalue weighted by Crippen LogP contribution is 2.31. The summed E-state index contributed by atoms with van der Waals surface area (Å²) >= 11 is 3.64. The second kappa shape index (κ2) is 8.33. The number of carbonyl (C=O) groups is 2. The van der Waals surface area contributed by atoms with E-state index in [4.69, 9.17) is 5.11 Å². The standard InChI is InChI=1S/C18H23BrN2O3/c1-3-20(4-2)17(22)15-7-5-13(6-8-15)16(19)14-9-11-21(12-10-14)18(23)24/h5-8H,3-4,9-12H2,1-2H3,(H,23,24). The van der Waals surface area contributed by atoms with Crippen molar-refractivity contribution in [3.05, 3.63) is 41.0 Å². The van der Waals surface area contributed by atoms with Crippen LogP contribution in [0.3, 0.4) is 0 Å². The quantitative estimate of drug-likeness (QED) is 0.837. The molecular formula is C18H23BrN2O3. The number of amides is 2. The Morgan fingerprint density at radius 1 is 1.08 bits per heavy atom. The minimum atomic E-state index is -0.857. The Balaban J connectivity index is 2.12. The van der Waals surface area contributed by atoms with E-state index in [-0.39, 0.29) is 5.91 Å². The van der Waals surface area contributed by atoms with Gasteiger partial charge in [-0.15, -0.1) is 0 Å². The van der Waals surface area contributed by atoms with Crippen LogP contribution in [0.5, 0.6) is 0 Å². The van der Waals surface area contributed by atoms with Gasteiger partial charge in [-0.05, 0) is 44.4 Å². The lowest BCUT2D eigenvalue weighted by Crippen LogP contribution is -2.35. The van der Waals surface area contributed by atoms with Crippen LogP contribution in [0.4, 0.5) is 4.79 Å². The lowest BCUT2D eigenvalue weighted by atomic mass is 10.0. The zero-order valence-corrected chi connectivity index (χ0v) is 15.7. The summed E-state index contributed by atoms with van der Waals surface area (Å²) in [6.45, 7) is 6.40. The molecule has 1 aromatic rings. The van der Waals surface area contributed by atoms with E-state index in [1.165, 1.54) is 10.5 Å². The summed E-state index contributed by atoms with van der Waals surface area (Å²) in [7, 11) is 0. The molecule has 0 atom stereocenters. The molecule has 130 valence electrons. The highest BCUT2D eigenvalue weighted by Gasteiger charge is 2.20. The first-order valence-corrected chi connectivity index (χ1v) is 9.02. The van der Waals surface area contributed by atoms with E-state index in [1.54, 1.807) is 4.90 Å². The van der Waals surface area contributed by atoms with E-state index in [1.807, 2.05) is 38.1 Å². The van der Waals surface area contributed by atoms with Gasteiger partial charge in [0, 0.05) is 36.2 Å². The number of nitrogens with zero attached hydrogens (tertiary/aromatic N) is 2. The number of rotatable bonds is 4. The molecule has 1 heterocycles. The maximum Gasteiger partial charge on any atom is 0.407 e. The zero-order chi connectivity index (χ0) is 17.7. The third-order valence-corrected chi connectivity index (χ3v) is 5.40. The molecule has 0 bridgehead atoms. The number of piperidine rings is 1. The summed E-state index contributed by atoms with van der Waals surface area (Å²) in [5, 5.41) is 9.01. The Labute approximate surface area is 151 Å². The number of benzene rings is 1. The molecule has 1 aliphatic heterocycles. The molecule has 5 nitrogen and oxygen atoms in total. The molecule has 2 rings (SSSR count). The van der Waals surface area contributed by atoms with Gasteiger partial charge in [0.1, 0.15) is 0 Å². The van der Waals surface area contributed by atoms with Crippen LogP contribution >= 0.6 is 15.9 Å². The molecule has 0 saturated carbocycles. The Morgan fingerprint density at radius 3 is 2.04 bits per heavy atom. The highest BCUT2D eigenvalue weighted by atomic mass is 79.9. The maximum absolute atomic E-state index is 12.3. The second-order valence-corrected chi connectivity index (χ2v) is 6.53. The van der Waals surface area contributed by atoms with Crippen molar-refractivity contribution in [2.45, 2.75) is 26.7 Å². The average Bonchev–Trinajstić information content (AvgIpc) is 2.62. The van der Waals surface area contributed by atoms with E-state index in [9.17, 15) is 9.59 Å². The molecule has 0 radical (unpaired) electrons. The Morgan fingerprint density at radius 2 is 1.58 bits per heavy atom.